The van der Waals surface area contributed by atoms with Crippen LogP contribution in [0.25, 0.3) is 32.3 Å². The molecule has 0 fully saturated rings. The maximum absolute atomic E-state index is 12.2. The first-order valence-electron chi connectivity index (χ1n) is 8.45. The van der Waals surface area contributed by atoms with Crippen molar-refractivity contribution in [2.75, 3.05) is 7.11 Å². The number of hydrogen-bond donors (Lipinski definition) is 1. The minimum absolute atomic E-state index is 0.300. The maximum Gasteiger partial charge on any atom is 0.313 e. The molecular weight excluding hydrogens is 310 g/mol. The van der Waals surface area contributed by atoms with Crippen molar-refractivity contribution >= 4 is 38.3 Å². The van der Waals surface area contributed by atoms with E-state index in [1.807, 2.05) is 19.9 Å². The summed E-state index contributed by atoms with van der Waals surface area (Å²) in [5, 5.41) is 7.19. The van der Waals surface area contributed by atoms with Gasteiger partial charge in [0.2, 0.25) is 0 Å². The van der Waals surface area contributed by atoms with E-state index >= 15 is 0 Å². The van der Waals surface area contributed by atoms with E-state index in [2.05, 4.69) is 48.5 Å². The number of nitrogens with two attached hydrogens (primary N) is 1. The third-order valence-corrected chi connectivity index (χ3v) is 5.39. The molecule has 0 amide bonds. The average molecular weight is 331 g/mol. The number of methoxy groups -OCH3 is 1. The summed E-state index contributed by atoms with van der Waals surface area (Å²) in [7, 11) is 1.40. The molecule has 0 saturated heterocycles. The van der Waals surface area contributed by atoms with Gasteiger partial charge >= 0.3 is 5.97 Å². The molecule has 0 saturated carbocycles. The standard InChI is InChI=1S/C22H21NO2/c1-22(2,21(24)25-3)20(23)17-12-10-15-8-7-13-5-4-6-14-9-11-16(17)19(15)18(13)14/h4-12,20H,23H2,1-3H3/t20-/m0/s1. The topological polar surface area (TPSA) is 52.3 Å². The van der Waals surface area contributed by atoms with Gasteiger partial charge in [0.05, 0.1) is 12.5 Å². The molecule has 0 heterocycles. The van der Waals surface area contributed by atoms with E-state index in [9.17, 15) is 4.79 Å². The summed E-state index contributed by atoms with van der Waals surface area (Å²) >= 11 is 0. The molecule has 4 aromatic rings. The Labute approximate surface area is 146 Å². The van der Waals surface area contributed by atoms with Gasteiger partial charge in [0.15, 0.2) is 0 Å². The molecule has 3 heteroatoms. The molecular formula is C22H21NO2. The Balaban J connectivity index is 2.04. The first kappa shape index (κ1) is 15.9. The summed E-state index contributed by atoms with van der Waals surface area (Å²) in [6, 6.07) is 18.6. The van der Waals surface area contributed by atoms with Crippen LogP contribution < -0.4 is 5.73 Å². The number of benzene rings is 4. The fourth-order valence-electron chi connectivity index (χ4n) is 3.81. The number of hydrogen-bond acceptors (Lipinski definition) is 3. The predicted octanol–water partition coefficient (Wildman–Crippen LogP) is 4.78. The highest BCUT2D eigenvalue weighted by atomic mass is 16.5. The van der Waals surface area contributed by atoms with E-state index in [1.165, 1.54) is 34.0 Å². The quantitative estimate of drug-likeness (QED) is 0.434. The average Bonchev–Trinajstić information content (AvgIpc) is 2.64. The van der Waals surface area contributed by atoms with Crippen LogP contribution in [0.5, 0.6) is 0 Å². The predicted molar refractivity (Wildman–Crippen MR) is 103 cm³/mol. The molecule has 4 rings (SSSR count). The lowest BCUT2D eigenvalue weighted by atomic mass is 9.78. The smallest absolute Gasteiger partial charge is 0.313 e. The number of carbonyl (C=O) groups is 1. The Morgan fingerprint density at radius 1 is 0.920 bits per heavy atom. The van der Waals surface area contributed by atoms with E-state index in [0.717, 1.165) is 10.9 Å². The van der Waals surface area contributed by atoms with Gasteiger partial charge in [-0.15, -0.1) is 0 Å². The molecule has 0 spiro atoms. The molecule has 126 valence electrons. The van der Waals surface area contributed by atoms with Crippen molar-refractivity contribution in [3.63, 3.8) is 0 Å². The lowest BCUT2D eigenvalue weighted by molar-refractivity contribution is -0.152. The largest absolute Gasteiger partial charge is 0.469 e. The van der Waals surface area contributed by atoms with Crippen molar-refractivity contribution in [3.8, 4) is 0 Å². The molecule has 0 bridgehead atoms. The number of esters is 1. The molecule has 3 nitrogen and oxygen atoms in total. The minimum Gasteiger partial charge on any atom is -0.469 e. The summed E-state index contributed by atoms with van der Waals surface area (Å²) in [4.78, 5) is 12.2. The first-order valence-corrected chi connectivity index (χ1v) is 8.45. The fraction of sp³-hybridized carbons (Fsp3) is 0.227. The van der Waals surface area contributed by atoms with E-state index in [4.69, 9.17) is 10.5 Å². The lowest BCUT2D eigenvalue weighted by Crippen LogP contribution is -2.37. The van der Waals surface area contributed by atoms with E-state index in [0.29, 0.717) is 0 Å². The Morgan fingerprint density at radius 2 is 1.48 bits per heavy atom. The summed E-state index contributed by atoms with van der Waals surface area (Å²) in [5.41, 5.74) is 6.71. The van der Waals surface area contributed by atoms with Crippen LogP contribution in [0.2, 0.25) is 0 Å². The van der Waals surface area contributed by atoms with Crippen LogP contribution in [-0.4, -0.2) is 13.1 Å². The highest BCUT2D eigenvalue weighted by Gasteiger charge is 2.37. The van der Waals surface area contributed by atoms with Crippen molar-refractivity contribution in [2.24, 2.45) is 11.1 Å². The second-order valence-electron chi connectivity index (χ2n) is 7.20. The summed E-state index contributed by atoms with van der Waals surface area (Å²) < 4.78 is 4.96. The molecule has 25 heavy (non-hydrogen) atoms. The molecule has 0 radical (unpaired) electrons. The number of carbonyl (C=O) groups excluding carboxylic acids is 1. The second kappa shape index (κ2) is 5.43. The van der Waals surface area contributed by atoms with Crippen LogP contribution in [0.4, 0.5) is 0 Å². The summed E-state index contributed by atoms with van der Waals surface area (Å²) in [5.74, 6) is -0.300. The highest BCUT2D eigenvalue weighted by molar-refractivity contribution is 6.23. The molecule has 0 aromatic heterocycles. The zero-order chi connectivity index (χ0) is 17.8. The van der Waals surface area contributed by atoms with Crippen LogP contribution in [0.15, 0.2) is 54.6 Å². The fourth-order valence-corrected chi connectivity index (χ4v) is 3.81. The van der Waals surface area contributed by atoms with Crippen molar-refractivity contribution in [2.45, 2.75) is 19.9 Å². The van der Waals surface area contributed by atoms with Crippen molar-refractivity contribution in [3.05, 3.63) is 60.2 Å². The van der Waals surface area contributed by atoms with Gasteiger partial charge in [0.25, 0.3) is 0 Å². The van der Waals surface area contributed by atoms with Crippen molar-refractivity contribution < 1.29 is 9.53 Å². The minimum atomic E-state index is -0.808. The zero-order valence-electron chi connectivity index (χ0n) is 14.7. The van der Waals surface area contributed by atoms with E-state index in [1.54, 1.807) is 0 Å². The van der Waals surface area contributed by atoms with Crippen molar-refractivity contribution in [1.82, 2.24) is 0 Å². The van der Waals surface area contributed by atoms with E-state index < -0.39 is 11.5 Å². The van der Waals surface area contributed by atoms with Gasteiger partial charge < -0.3 is 10.5 Å². The first-order chi connectivity index (χ1) is 11.9. The number of ether oxygens (including phenoxy) is 1. The maximum atomic E-state index is 12.2. The monoisotopic (exact) mass is 331 g/mol. The van der Waals surface area contributed by atoms with Crippen molar-refractivity contribution in [1.29, 1.82) is 0 Å². The molecule has 1 atom stereocenters. The Morgan fingerprint density at radius 3 is 2.12 bits per heavy atom. The third-order valence-electron chi connectivity index (χ3n) is 5.39. The zero-order valence-corrected chi connectivity index (χ0v) is 14.7. The second-order valence-corrected chi connectivity index (χ2v) is 7.20. The molecule has 4 aromatic carbocycles. The van der Waals surface area contributed by atoms with Gasteiger partial charge in [0, 0.05) is 6.04 Å². The van der Waals surface area contributed by atoms with E-state index in [-0.39, 0.29) is 5.97 Å². The third kappa shape index (κ3) is 2.19. The van der Waals surface area contributed by atoms with Gasteiger partial charge in [-0.2, -0.15) is 0 Å². The van der Waals surface area contributed by atoms with Gasteiger partial charge in [0.1, 0.15) is 0 Å². The molecule has 0 aliphatic carbocycles. The van der Waals surface area contributed by atoms with Crippen LogP contribution in [0, 0.1) is 5.41 Å². The lowest BCUT2D eigenvalue weighted by Gasteiger charge is -2.30. The van der Waals surface area contributed by atoms with Crippen LogP contribution in [0.3, 0.4) is 0 Å². The summed E-state index contributed by atoms with van der Waals surface area (Å²) in [6.45, 7) is 3.67. The Bertz CT molecular complexity index is 1080. The Hall–Kier alpha value is -2.65. The molecule has 0 aliphatic rings. The molecule has 0 aliphatic heterocycles. The molecule has 0 unspecified atom stereocenters. The Kier molecular flexibility index (Phi) is 3.44. The normalized spacial score (nSPS) is 13.6. The van der Waals surface area contributed by atoms with Crippen LogP contribution in [-0.2, 0) is 9.53 Å². The van der Waals surface area contributed by atoms with Gasteiger partial charge in [-0.1, -0.05) is 54.6 Å². The van der Waals surface area contributed by atoms with Gasteiger partial charge in [-0.25, -0.2) is 0 Å². The van der Waals surface area contributed by atoms with Crippen LogP contribution >= 0.6 is 0 Å². The van der Waals surface area contributed by atoms with Crippen LogP contribution in [0.1, 0.15) is 25.5 Å². The van der Waals surface area contributed by atoms with Gasteiger partial charge in [-0.05, 0) is 51.7 Å². The van der Waals surface area contributed by atoms with Gasteiger partial charge in [-0.3, -0.25) is 4.79 Å². The summed E-state index contributed by atoms with van der Waals surface area (Å²) in [6.07, 6.45) is 0. The highest BCUT2D eigenvalue weighted by Crippen LogP contribution is 2.41. The SMILES string of the molecule is COC(=O)C(C)(C)[C@@H](N)c1ccc2ccc3cccc4ccc1c2c34. The number of rotatable bonds is 3. The molecule has 2 N–H and O–H groups in total.